The zero-order chi connectivity index (χ0) is 48.3. The SMILES string of the molecule is CC(C)C[C@@H](N)C(=O)N[C@H](CCCN)C(=O)N[C@H](CCCCNC(=O)[C@@H](CCCN)NC(=O)[C@@H](CC(C)C)NC(=O)[C@@H](CCc1ccccc1)NC(=O)[C@H](N)Cc1ccccc1)C(=O)O. The van der Waals surface area contributed by atoms with E-state index in [1.807, 2.05) is 88.4 Å². The van der Waals surface area contributed by atoms with Gasteiger partial charge in [0.25, 0.3) is 0 Å². The maximum absolute atomic E-state index is 14.0. The Hall–Kier alpha value is -5.43. The van der Waals surface area contributed by atoms with Crippen molar-refractivity contribution in [1.82, 2.24) is 31.9 Å². The molecule has 2 rings (SSSR count). The van der Waals surface area contributed by atoms with Crippen LogP contribution in [-0.4, -0.2) is 108 Å². The number of nitrogens with one attached hydrogen (secondary N) is 6. The summed E-state index contributed by atoms with van der Waals surface area (Å²) in [6.45, 7) is 8.28. The molecule has 0 radical (unpaired) electrons. The van der Waals surface area contributed by atoms with E-state index in [1.54, 1.807) is 0 Å². The Kier molecular flexibility index (Phi) is 26.3. The van der Waals surface area contributed by atoms with Gasteiger partial charge in [-0.05, 0) is 113 Å². The highest BCUT2D eigenvalue weighted by molar-refractivity contribution is 5.95. The van der Waals surface area contributed by atoms with E-state index in [0.29, 0.717) is 38.5 Å². The molecule has 0 unspecified atom stereocenters. The summed E-state index contributed by atoms with van der Waals surface area (Å²) < 4.78 is 0. The maximum Gasteiger partial charge on any atom is 0.326 e. The zero-order valence-corrected chi connectivity index (χ0v) is 38.7. The van der Waals surface area contributed by atoms with E-state index in [-0.39, 0.29) is 70.0 Å². The van der Waals surface area contributed by atoms with Crippen LogP contribution < -0.4 is 54.8 Å². The average molecular weight is 909 g/mol. The van der Waals surface area contributed by atoms with Crippen LogP contribution in [0.3, 0.4) is 0 Å². The van der Waals surface area contributed by atoms with Crippen molar-refractivity contribution in [3.63, 3.8) is 0 Å². The quantitative estimate of drug-likeness (QED) is 0.0456. The molecule has 65 heavy (non-hydrogen) atoms. The second-order valence-corrected chi connectivity index (χ2v) is 17.5. The van der Waals surface area contributed by atoms with Gasteiger partial charge in [-0.3, -0.25) is 28.8 Å². The first-order valence-corrected chi connectivity index (χ1v) is 23.0. The molecule has 0 fully saturated rings. The van der Waals surface area contributed by atoms with Gasteiger partial charge in [0.05, 0.1) is 12.1 Å². The molecule has 0 spiro atoms. The number of nitrogens with two attached hydrogens (primary N) is 4. The van der Waals surface area contributed by atoms with E-state index in [4.69, 9.17) is 22.9 Å². The first-order chi connectivity index (χ1) is 30.9. The molecule has 2 aromatic carbocycles. The van der Waals surface area contributed by atoms with Gasteiger partial charge in [0.1, 0.15) is 30.2 Å². The van der Waals surface area contributed by atoms with Gasteiger partial charge in [-0.25, -0.2) is 4.79 Å². The van der Waals surface area contributed by atoms with E-state index in [1.165, 1.54) is 0 Å². The Morgan fingerprint density at radius 1 is 0.492 bits per heavy atom. The number of rotatable bonds is 32. The lowest BCUT2D eigenvalue weighted by atomic mass is 10.00. The van der Waals surface area contributed by atoms with Gasteiger partial charge in [-0.15, -0.1) is 0 Å². The van der Waals surface area contributed by atoms with Crippen molar-refractivity contribution in [2.45, 2.75) is 147 Å². The average Bonchev–Trinajstić information content (AvgIpc) is 3.26. The van der Waals surface area contributed by atoms with Crippen molar-refractivity contribution in [2.75, 3.05) is 19.6 Å². The normalized spacial score (nSPS) is 14.5. The van der Waals surface area contributed by atoms with Crippen LogP contribution in [-0.2, 0) is 46.4 Å². The first kappa shape index (κ1) is 55.7. The zero-order valence-electron chi connectivity index (χ0n) is 38.7. The molecule has 18 nitrogen and oxygen atoms in total. The number of aryl methyl sites for hydroxylation is 1. The number of carbonyl (C=O) groups is 7. The molecule has 0 saturated carbocycles. The third kappa shape index (κ3) is 22.4. The lowest BCUT2D eigenvalue weighted by Crippen LogP contribution is -2.58. The second kappa shape index (κ2) is 30.7. The number of carboxylic acid groups (broad SMARTS) is 1. The third-order valence-corrected chi connectivity index (χ3v) is 10.7. The highest BCUT2D eigenvalue weighted by atomic mass is 16.4. The van der Waals surface area contributed by atoms with Crippen LogP contribution in [0, 0.1) is 11.8 Å². The Morgan fingerprint density at radius 2 is 0.923 bits per heavy atom. The van der Waals surface area contributed by atoms with Crippen LogP contribution in [0.4, 0.5) is 0 Å². The Bertz CT molecular complexity index is 1770. The largest absolute Gasteiger partial charge is 0.480 e. The van der Waals surface area contributed by atoms with E-state index in [9.17, 15) is 38.7 Å². The van der Waals surface area contributed by atoms with Gasteiger partial charge >= 0.3 is 5.97 Å². The van der Waals surface area contributed by atoms with Crippen LogP contribution in [0.1, 0.15) is 103 Å². The highest BCUT2D eigenvalue weighted by Crippen LogP contribution is 2.12. The van der Waals surface area contributed by atoms with E-state index in [2.05, 4.69) is 31.9 Å². The topological polar surface area (TPSA) is 316 Å². The van der Waals surface area contributed by atoms with Crippen LogP contribution in [0.15, 0.2) is 60.7 Å². The van der Waals surface area contributed by atoms with Gasteiger partial charge in [0.2, 0.25) is 35.4 Å². The van der Waals surface area contributed by atoms with E-state index in [0.717, 1.165) is 11.1 Å². The summed E-state index contributed by atoms with van der Waals surface area (Å²) in [4.78, 5) is 92.7. The predicted molar refractivity (Wildman–Crippen MR) is 250 cm³/mol. The lowest BCUT2D eigenvalue weighted by molar-refractivity contribution is -0.142. The van der Waals surface area contributed by atoms with Gasteiger partial charge in [-0.2, -0.15) is 0 Å². The summed E-state index contributed by atoms with van der Waals surface area (Å²) in [5, 5.41) is 26.3. The number of hydrogen-bond donors (Lipinski definition) is 11. The minimum Gasteiger partial charge on any atom is -0.480 e. The van der Waals surface area contributed by atoms with Crippen LogP contribution in [0.2, 0.25) is 0 Å². The predicted octanol–water partition coefficient (Wildman–Crippen LogP) is 0.882. The molecular weight excluding hydrogens is 833 g/mol. The molecule has 0 aliphatic carbocycles. The van der Waals surface area contributed by atoms with Gasteiger partial charge in [-0.1, -0.05) is 88.4 Å². The Morgan fingerprint density at radius 3 is 1.45 bits per heavy atom. The summed E-state index contributed by atoms with van der Waals surface area (Å²) >= 11 is 0. The fourth-order valence-electron chi connectivity index (χ4n) is 7.12. The molecule has 0 saturated heterocycles. The Balaban J connectivity index is 2.08. The maximum atomic E-state index is 14.0. The summed E-state index contributed by atoms with van der Waals surface area (Å²) in [6, 6.07) is 11.7. The van der Waals surface area contributed by atoms with Gasteiger partial charge in [0.15, 0.2) is 0 Å². The third-order valence-electron chi connectivity index (χ3n) is 10.7. The number of amides is 6. The number of unbranched alkanes of at least 4 members (excludes halogenated alkanes) is 1. The second-order valence-electron chi connectivity index (χ2n) is 17.5. The lowest BCUT2D eigenvalue weighted by Gasteiger charge is -2.27. The summed E-state index contributed by atoms with van der Waals surface area (Å²) in [5.41, 5.74) is 25.5. The summed E-state index contributed by atoms with van der Waals surface area (Å²) in [5.74, 6) is -4.46. The molecule has 6 amide bonds. The molecule has 362 valence electrons. The minimum absolute atomic E-state index is 0.0387. The highest BCUT2D eigenvalue weighted by Gasteiger charge is 2.32. The summed E-state index contributed by atoms with van der Waals surface area (Å²) in [7, 11) is 0. The number of hydrogen-bond acceptors (Lipinski definition) is 11. The van der Waals surface area contributed by atoms with Crippen molar-refractivity contribution in [3.8, 4) is 0 Å². The summed E-state index contributed by atoms with van der Waals surface area (Å²) in [6.07, 6.45) is 3.53. The molecule has 0 aromatic heterocycles. The fourth-order valence-corrected chi connectivity index (χ4v) is 7.12. The number of benzene rings is 2. The van der Waals surface area contributed by atoms with Crippen LogP contribution in [0.5, 0.6) is 0 Å². The molecule has 0 aliphatic rings. The molecule has 0 bridgehead atoms. The molecule has 0 heterocycles. The molecular formula is C47H76N10O8. The molecule has 0 aliphatic heterocycles. The van der Waals surface area contributed by atoms with E-state index >= 15 is 0 Å². The van der Waals surface area contributed by atoms with Crippen LogP contribution >= 0.6 is 0 Å². The first-order valence-electron chi connectivity index (χ1n) is 23.0. The van der Waals surface area contributed by atoms with Crippen molar-refractivity contribution in [3.05, 3.63) is 71.8 Å². The standard InChI is InChI=1S/C47H76N10O8/c1-30(2)27-34(50)41(58)53-37(21-14-25-49)44(61)56-39(47(64)65)19-11-12-26-52-43(60)36(20-13-24-48)55-46(63)40(28-31(3)4)57-45(62)38(23-22-32-15-7-5-8-16-32)54-42(59)35(51)29-33-17-9-6-10-18-33/h5-10,15-18,30-31,34-40H,11-14,19-29,48-51H2,1-4H3,(H,52,60)(H,53,58)(H,54,59)(H,55,63)(H,56,61)(H,57,62)(H,64,65)/t34-,35-,36-,37-,38-,39-,40-/m1/s1. The molecule has 7 atom stereocenters. The van der Waals surface area contributed by atoms with Crippen molar-refractivity contribution < 1.29 is 38.7 Å². The molecule has 2 aromatic rings. The van der Waals surface area contributed by atoms with Crippen LogP contribution in [0.25, 0.3) is 0 Å². The minimum atomic E-state index is -1.26. The van der Waals surface area contributed by atoms with Gasteiger partial charge in [0, 0.05) is 6.54 Å². The van der Waals surface area contributed by atoms with Gasteiger partial charge < -0.3 is 59.9 Å². The van der Waals surface area contributed by atoms with Crippen molar-refractivity contribution in [2.24, 2.45) is 34.8 Å². The monoisotopic (exact) mass is 909 g/mol. The number of carbonyl (C=O) groups excluding carboxylic acids is 6. The molecule has 18 heteroatoms. The fraction of sp³-hybridized carbons (Fsp3) is 0.596. The number of carboxylic acids is 1. The van der Waals surface area contributed by atoms with Crippen molar-refractivity contribution in [1.29, 1.82) is 0 Å². The number of aliphatic carboxylic acids is 1. The smallest absolute Gasteiger partial charge is 0.326 e. The molecule has 15 N–H and O–H groups in total. The van der Waals surface area contributed by atoms with Crippen molar-refractivity contribution >= 4 is 41.4 Å². The van der Waals surface area contributed by atoms with E-state index < -0.39 is 83.7 Å². The Labute approximate surface area is 384 Å².